The van der Waals surface area contributed by atoms with Gasteiger partial charge in [-0.25, -0.2) is 13.1 Å². The van der Waals surface area contributed by atoms with Gasteiger partial charge in [-0.2, -0.15) is 0 Å². The molecule has 2 radical (unpaired) electrons. The minimum Gasteiger partial charge on any atom is -0.268 e. The molecule has 6 heteroatoms. The van der Waals surface area contributed by atoms with Crippen LogP contribution in [0.4, 0.5) is 0 Å². The zero-order valence-electron chi connectivity index (χ0n) is 6.35. The molecule has 4 nitrogen and oxygen atoms in total. The van der Waals surface area contributed by atoms with Crippen LogP contribution in [0.2, 0.25) is 0 Å². The molecule has 0 spiro atoms. The van der Waals surface area contributed by atoms with E-state index in [1.165, 1.54) is 12.1 Å². The van der Waals surface area contributed by atoms with Gasteiger partial charge in [0.1, 0.15) is 4.90 Å². The number of hydrogen-bond acceptors (Lipinski definition) is 3. The van der Waals surface area contributed by atoms with E-state index >= 15 is 0 Å². The third-order valence-electron chi connectivity index (χ3n) is 1.65. The maximum absolute atomic E-state index is 11.1. The number of nitrogens with one attached hydrogen (secondary N) is 1. The largest absolute Gasteiger partial charge is 0.268 e. The summed E-state index contributed by atoms with van der Waals surface area (Å²) in [4.78, 5) is 11.1. The van der Waals surface area contributed by atoms with Gasteiger partial charge in [0.25, 0.3) is 15.9 Å². The maximum atomic E-state index is 11.1. The Morgan fingerprint density at radius 2 is 1.77 bits per heavy atom. The SMILES string of the molecule is O=C1NS(=O)(=O)c2ccccc21.[Se]. The Morgan fingerprint density at radius 1 is 1.15 bits per heavy atom. The number of fused-ring (bicyclic) bond motifs is 1. The number of benzene rings is 1. The summed E-state index contributed by atoms with van der Waals surface area (Å²) in [6, 6.07) is 6.09. The monoisotopic (exact) mass is 263 g/mol. The van der Waals surface area contributed by atoms with Gasteiger partial charge in [-0.15, -0.1) is 0 Å². The maximum Gasteiger partial charge on any atom is 0.266 e. The number of hydrogen-bond donors (Lipinski definition) is 1. The first-order valence-electron chi connectivity index (χ1n) is 3.27. The van der Waals surface area contributed by atoms with Crippen LogP contribution >= 0.6 is 0 Å². The molecule has 0 saturated heterocycles. The molecule has 1 aliphatic rings. The Bertz CT molecular complexity index is 455. The standard InChI is InChI=1S/C7H5NO3S.Se/c9-7-5-3-1-2-4-6(5)12(10,11)8-7;/h1-4H,(H,8,9);. The molecule has 1 N–H and O–H groups in total. The van der Waals surface area contributed by atoms with Crippen molar-refractivity contribution in [1.82, 2.24) is 4.72 Å². The first-order valence-corrected chi connectivity index (χ1v) is 4.76. The molecule has 2 rings (SSSR count). The Labute approximate surface area is 85.9 Å². The van der Waals surface area contributed by atoms with Gasteiger partial charge in [0.2, 0.25) is 0 Å². The first kappa shape index (κ1) is 10.2. The molecule has 0 atom stereocenters. The number of amides is 1. The first-order chi connectivity index (χ1) is 5.61. The van der Waals surface area contributed by atoms with Gasteiger partial charge in [0, 0.05) is 17.1 Å². The van der Waals surface area contributed by atoms with Gasteiger partial charge in [-0.1, -0.05) is 12.1 Å². The molecular weight excluding hydrogens is 257 g/mol. The van der Waals surface area contributed by atoms with Crippen LogP contribution in [0.15, 0.2) is 29.2 Å². The number of rotatable bonds is 0. The van der Waals surface area contributed by atoms with Crippen molar-refractivity contribution < 1.29 is 13.2 Å². The minimum atomic E-state index is -3.55. The second kappa shape index (κ2) is 3.14. The molecular formula is C7H5NO3SSe. The van der Waals surface area contributed by atoms with Crippen LogP contribution in [0.25, 0.3) is 0 Å². The van der Waals surface area contributed by atoms with Crippen LogP contribution in [0.3, 0.4) is 0 Å². The number of carbonyl (C=O) groups is 1. The van der Waals surface area contributed by atoms with Crippen LogP contribution in [0.1, 0.15) is 10.4 Å². The summed E-state index contributed by atoms with van der Waals surface area (Å²) in [5, 5.41) is 0. The quantitative estimate of drug-likeness (QED) is 0.655. The minimum absolute atomic E-state index is 0. The Morgan fingerprint density at radius 3 is 2.38 bits per heavy atom. The average Bonchev–Trinajstić information content (AvgIpc) is 2.25. The summed E-state index contributed by atoms with van der Waals surface area (Å²) in [5.74, 6) is -0.550. The summed E-state index contributed by atoms with van der Waals surface area (Å²) in [6.07, 6.45) is 0. The fourth-order valence-electron chi connectivity index (χ4n) is 1.12. The third kappa shape index (κ3) is 1.48. The van der Waals surface area contributed by atoms with Crippen LogP contribution < -0.4 is 4.72 Å². The topological polar surface area (TPSA) is 63.2 Å². The molecule has 1 amide bonds. The van der Waals surface area contributed by atoms with Crippen LogP contribution in [0, 0.1) is 0 Å². The molecule has 1 aliphatic heterocycles. The summed E-state index contributed by atoms with van der Waals surface area (Å²) in [7, 11) is -3.55. The van der Waals surface area contributed by atoms with Crippen molar-refractivity contribution in [2.75, 3.05) is 0 Å². The average molecular weight is 262 g/mol. The molecule has 1 aromatic carbocycles. The van der Waals surface area contributed by atoms with Gasteiger partial charge >= 0.3 is 0 Å². The molecule has 0 unspecified atom stereocenters. The van der Waals surface area contributed by atoms with E-state index in [-0.39, 0.29) is 27.5 Å². The van der Waals surface area contributed by atoms with Gasteiger partial charge in [-0.05, 0) is 12.1 Å². The Hall–Kier alpha value is -0.841. The van der Waals surface area contributed by atoms with Crippen molar-refractivity contribution in [3.63, 3.8) is 0 Å². The zero-order chi connectivity index (χ0) is 8.77. The van der Waals surface area contributed by atoms with E-state index in [1.54, 1.807) is 12.1 Å². The molecule has 68 valence electrons. The van der Waals surface area contributed by atoms with Gasteiger partial charge in [0.15, 0.2) is 0 Å². The smallest absolute Gasteiger partial charge is 0.266 e. The Balaban J connectivity index is 0.000000845. The van der Waals surface area contributed by atoms with E-state index in [4.69, 9.17) is 0 Å². The third-order valence-corrected chi connectivity index (χ3v) is 3.04. The van der Waals surface area contributed by atoms with Crippen molar-refractivity contribution in [3.8, 4) is 0 Å². The van der Waals surface area contributed by atoms with E-state index in [2.05, 4.69) is 0 Å². The zero-order valence-corrected chi connectivity index (χ0v) is 8.88. The number of sulfonamides is 1. The summed E-state index contributed by atoms with van der Waals surface area (Å²) < 4.78 is 24.2. The van der Waals surface area contributed by atoms with Crippen molar-refractivity contribution in [1.29, 1.82) is 0 Å². The Kier molecular flexibility index (Phi) is 2.47. The normalized spacial score (nSPS) is 17.1. The van der Waals surface area contributed by atoms with E-state index in [0.717, 1.165) is 0 Å². The van der Waals surface area contributed by atoms with Gasteiger partial charge < -0.3 is 0 Å². The second-order valence-electron chi connectivity index (χ2n) is 2.43. The van der Waals surface area contributed by atoms with Gasteiger partial charge in [0.05, 0.1) is 5.56 Å². The predicted octanol–water partition coefficient (Wildman–Crippen LogP) is -0.262. The summed E-state index contributed by atoms with van der Waals surface area (Å²) in [5.41, 5.74) is 0.220. The van der Waals surface area contributed by atoms with E-state index < -0.39 is 15.9 Å². The van der Waals surface area contributed by atoms with Crippen molar-refractivity contribution in [2.45, 2.75) is 4.90 Å². The van der Waals surface area contributed by atoms with E-state index in [0.29, 0.717) is 0 Å². The van der Waals surface area contributed by atoms with Crippen LogP contribution in [0.5, 0.6) is 0 Å². The molecule has 0 aromatic heterocycles. The van der Waals surface area contributed by atoms with Crippen molar-refractivity contribution in [2.24, 2.45) is 0 Å². The predicted molar refractivity (Wildman–Crippen MR) is 46.8 cm³/mol. The van der Waals surface area contributed by atoms with Crippen LogP contribution in [-0.2, 0) is 10.0 Å². The van der Waals surface area contributed by atoms with Gasteiger partial charge in [-0.3, -0.25) is 4.79 Å². The van der Waals surface area contributed by atoms with E-state index in [1.807, 2.05) is 4.72 Å². The molecule has 0 bridgehead atoms. The summed E-state index contributed by atoms with van der Waals surface area (Å²) >= 11 is 0. The number of carbonyl (C=O) groups excluding carboxylic acids is 1. The fraction of sp³-hybridized carbons (Fsp3) is 0. The molecule has 1 heterocycles. The molecule has 0 aliphatic carbocycles. The van der Waals surface area contributed by atoms with E-state index in [9.17, 15) is 13.2 Å². The van der Waals surface area contributed by atoms with Crippen molar-refractivity contribution >= 4 is 33.0 Å². The van der Waals surface area contributed by atoms with Crippen LogP contribution in [-0.4, -0.2) is 31.4 Å². The molecule has 0 fully saturated rings. The fourth-order valence-corrected chi connectivity index (χ4v) is 2.29. The molecule has 0 saturated carbocycles. The second-order valence-corrected chi connectivity index (χ2v) is 4.08. The summed E-state index contributed by atoms with van der Waals surface area (Å²) in [6.45, 7) is 0. The van der Waals surface area contributed by atoms with Crippen molar-refractivity contribution in [3.05, 3.63) is 29.8 Å². The molecule has 1 aromatic rings. The molecule has 13 heavy (non-hydrogen) atoms.